The van der Waals surface area contributed by atoms with Crippen LogP contribution in [0.25, 0.3) is 5.65 Å². The van der Waals surface area contributed by atoms with Gasteiger partial charge in [-0.05, 0) is 6.92 Å². The SMILES string of the molecule is COc1nc2c(C(C)=O)ncn2cc1C. The Bertz CT molecular complexity index is 531. The van der Waals surface area contributed by atoms with Gasteiger partial charge in [0.15, 0.2) is 17.1 Å². The third-order valence-corrected chi connectivity index (χ3v) is 2.17. The van der Waals surface area contributed by atoms with Crippen molar-refractivity contribution in [2.45, 2.75) is 13.8 Å². The van der Waals surface area contributed by atoms with Gasteiger partial charge < -0.3 is 4.74 Å². The maximum atomic E-state index is 11.2. The Morgan fingerprint density at radius 1 is 1.53 bits per heavy atom. The standard InChI is InChI=1S/C10H11N3O2/c1-6-4-13-5-11-8(7(2)14)9(13)12-10(6)15-3/h4-5H,1-3H3. The van der Waals surface area contributed by atoms with Crippen LogP contribution in [0.2, 0.25) is 0 Å². The van der Waals surface area contributed by atoms with Crippen LogP contribution in [-0.4, -0.2) is 27.3 Å². The summed E-state index contributed by atoms with van der Waals surface area (Å²) in [7, 11) is 1.55. The van der Waals surface area contributed by atoms with Gasteiger partial charge in [-0.3, -0.25) is 9.20 Å². The lowest BCUT2D eigenvalue weighted by molar-refractivity contribution is 0.101. The van der Waals surface area contributed by atoms with E-state index in [1.54, 1.807) is 17.8 Å². The zero-order valence-electron chi connectivity index (χ0n) is 8.81. The highest BCUT2D eigenvalue weighted by Crippen LogP contribution is 2.17. The van der Waals surface area contributed by atoms with E-state index in [4.69, 9.17) is 4.74 Å². The normalized spacial score (nSPS) is 10.6. The summed E-state index contributed by atoms with van der Waals surface area (Å²) in [4.78, 5) is 19.5. The highest BCUT2D eigenvalue weighted by molar-refractivity contribution is 5.97. The molecule has 15 heavy (non-hydrogen) atoms. The molecule has 2 aromatic rings. The monoisotopic (exact) mass is 205 g/mol. The van der Waals surface area contributed by atoms with Crippen molar-refractivity contribution >= 4 is 11.4 Å². The molecule has 78 valence electrons. The van der Waals surface area contributed by atoms with Crippen LogP contribution in [0.1, 0.15) is 23.0 Å². The fourth-order valence-electron chi connectivity index (χ4n) is 1.46. The number of ether oxygens (including phenoxy) is 1. The largest absolute Gasteiger partial charge is 0.481 e. The number of imidazole rings is 1. The minimum Gasteiger partial charge on any atom is -0.481 e. The van der Waals surface area contributed by atoms with E-state index in [2.05, 4.69) is 9.97 Å². The first-order valence-electron chi connectivity index (χ1n) is 4.52. The maximum Gasteiger partial charge on any atom is 0.219 e. The predicted molar refractivity (Wildman–Crippen MR) is 54.3 cm³/mol. The van der Waals surface area contributed by atoms with Crippen LogP contribution in [0.15, 0.2) is 12.5 Å². The zero-order chi connectivity index (χ0) is 11.0. The number of Topliss-reactive ketones (excluding diaryl/α,β-unsaturated/α-hetero) is 1. The number of methoxy groups -OCH3 is 1. The van der Waals surface area contributed by atoms with Crippen molar-refractivity contribution in [1.29, 1.82) is 0 Å². The molecule has 2 aromatic heterocycles. The minimum atomic E-state index is -0.101. The smallest absolute Gasteiger partial charge is 0.219 e. The first kappa shape index (κ1) is 9.64. The number of aromatic nitrogens is 3. The van der Waals surface area contributed by atoms with Crippen molar-refractivity contribution in [3.8, 4) is 5.88 Å². The van der Waals surface area contributed by atoms with Gasteiger partial charge in [-0.15, -0.1) is 0 Å². The Morgan fingerprint density at radius 3 is 2.87 bits per heavy atom. The molecule has 2 rings (SSSR count). The highest BCUT2D eigenvalue weighted by atomic mass is 16.5. The van der Waals surface area contributed by atoms with Crippen LogP contribution < -0.4 is 4.74 Å². The third kappa shape index (κ3) is 1.45. The van der Waals surface area contributed by atoms with E-state index in [-0.39, 0.29) is 5.78 Å². The fraction of sp³-hybridized carbons (Fsp3) is 0.300. The summed E-state index contributed by atoms with van der Waals surface area (Å²) in [6.45, 7) is 3.36. The number of fused-ring (bicyclic) bond motifs is 1. The fourth-order valence-corrected chi connectivity index (χ4v) is 1.46. The molecule has 0 atom stereocenters. The third-order valence-electron chi connectivity index (χ3n) is 2.17. The maximum absolute atomic E-state index is 11.2. The van der Waals surface area contributed by atoms with Crippen LogP contribution in [-0.2, 0) is 0 Å². The molecule has 0 aliphatic heterocycles. The summed E-state index contributed by atoms with van der Waals surface area (Å²) in [6.07, 6.45) is 3.41. The molecular weight excluding hydrogens is 194 g/mol. The van der Waals surface area contributed by atoms with Gasteiger partial charge in [-0.25, -0.2) is 4.98 Å². The molecule has 0 saturated heterocycles. The van der Waals surface area contributed by atoms with E-state index >= 15 is 0 Å². The highest BCUT2D eigenvalue weighted by Gasteiger charge is 2.12. The zero-order valence-corrected chi connectivity index (χ0v) is 8.81. The molecule has 5 heteroatoms. The second kappa shape index (κ2) is 3.34. The summed E-state index contributed by atoms with van der Waals surface area (Å²) in [5.41, 5.74) is 1.80. The Balaban J connectivity index is 2.74. The van der Waals surface area contributed by atoms with Gasteiger partial charge in [0.25, 0.3) is 0 Å². The number of ketones is 1. The molecule has 2 heterocycles. The average Bonchev–Trinajstić information content (AvgIpc) is 2.59. The van der Waals surface area contributed by atoms with E-state index in [0.29, 0.717) is 17.2 Å². The molecule has 0 aromatic carbocycles. The first-order valence-corrected chi connectivity index (χ1v) is 4.52. The number of aryl methyl sites for hydroxylation is 1. The molecule has 0 unspecified atom stereocenters. The second-order valence-electron chi connectivity index (χ2n) is 3.31. The number of rotatable bonds is 2. The molecule has 0 spiro atoms. The van der Waals surface area contributed by atoms with Gasteiger partial charge in [0, 0.05) is 18.7 Å². The molecule has 5 nitrogen and oxygen atoms in total. The van der Waals surface area contributed by atoms with Gasteiger partial charge in [0.1, 0.15) is 6.33 Å². The van der Waals surface area contributed by atoms with Gasteiger partial charge in [0.05, 0.1) is 7.11 Å². The molecule has 0 amide bonds. The molecule has 0 aliphatic rings. The minimum absolute atomic E-state index is 0.101. The topological polar surface area (TPSA) is 56.5 Å². The number of hydrogen-bond donors (Lipinski definition) is 0. The quantitative estimate of drug-likeness (QED) is 0.692. The van der Waals surface area contributed by atoms with E-state index in [1.807, 2.05) is 13.1 Å². The number of nitrogens with zero attached hydrogens (tertiary/aromatic N) is 3. The molecule has 0 aliphatic carbocycles. The Hall–Kier alpha value is -1.91. The van der Waals surface area contributed by atoms with Crippen LogP contribution in [0.4, 0.5) is 0 Å². The van der Waals surface area contributed by atoms with E-state index in [0.717, 1.165) is 5.56 Å². The Kier molecular flexibility index (Phi) is 2.15. The van der Waals surface area contributed by atoms with Crippen molar-refractivity contribution in [3.63, 3.8) is 0 Å². The molecule has 0 fully saturated rings. The lowest BCUT2D eigenvalue weighted by Crippen LogP contribution is -1.99. The van der Waals surface area contributed by atoms with Crippen LogP contribution in [0.3, 0.4) is 0 Å². The lowest BCUT2D eigenvalue weighted by atomic mass is 10.3. The molecule has 0 bridgehead atoms. The van der Waals surface area contributed by atoms with Gasteiger partial charge in [-0.2, -0.15) is 4.98 Å². The Morgan fingerprint density at radius 2 is 2.27 bits per heavy atom. The van der Waals surface area contributed by atoms with Crippen molar-refractivity contribution in [2.24, 2.45) is 0 Å². The molecule has 0 radical (unpaired) electrons. The van der Waals surface area contributed by atoms with Crippen molar-refractivity contribution < 1.29 is 9.53 Å². The van der Waals surface area contributed by atoms with Gasteiger partial charge in [0.2, 0.25) is 5.88 Å². The van der Waals surface area contributed by atoms with E-state index in [1.165, 1.54) is 6.92 Å². The van der Waals surface area contributed by atoms with Gasteiger partial charge in [-0.1, -0.05) is 0 Å². The summed E-state index contributed by atoms with van der Waals surface area (Å²) in [5, 5.41) is 0. The first-order chi connectivity index (χ1) is 7.13. The molecule has 0 saturated carbocycles. The predicted octanol–water partition coefficient (Wildman–Crippen LogP) is 1.25. The van der Waals surface area contributed by atoms with Crippen LogP contribution in [0, 0.1) is 6.92 Å². The van der Waals surface area contributed by atoms with Gasteiger partial charge >= 0.3 is 0 Å². The number of hydrogen-bond acceptors (Lipinski definition) is 4. The van der Waals surface area contributed by atoms with Crippen LogP contribution >= 0.6 is 0 Å². The summed E-state index contributed by atoms with van der Waals surface area (Å²) in [6, 6.07) is 0. The number of carbonyl (C=O) groups excluding carboxylic acids is 1. The lowest BCUT2D eigenvalue weighted by Gasteiger charge is -2.03. The average molecular weight is 205 g/mol. The number of carbonyl (C=O) groups is 1. The Labute approximate surface area is 86.7 Å². The molecular formula is C10H11N3O2. The molecule has 0 N–H and O–H groups in total. The second-order valence-corrected chi connectivity index (χ2v) is 3.31. The van der Waals surface area contributed by atoms with Crippen molar-refractivity contribution in [1.82, 2.24) is 14.4 Å². The van der Waals surface area contributed by atoms with E-state index in [9.17, 15) is 4.79 Å². The van der Waals surface area contributed by atoms with Crippen LogP contribution in [0.5, 0.6) is 5.88 Å². The van der Waals surface area contributed by atoms with E-state index < -0.39 is 0 Å². The summed E-state index contributed by atoms with van der Waals surface area (Å²) < 4.78 is 6.81. The summed E-state index contributed by atoms with van der Waals surface area (Å²) >= 11 is 0. The van der Waals surface area contributed by atoms with Crippen molar-refractivity contribution in [2.75, 3.05) is 7.11 Å². The summed E-state index contributed by atoms with van der Waals surface area (Å²) in [5.74, 6) is 0.418. The van der Waals surface area contributed by atoms with Crippen molar-refractivity contribution in [3.05, 3.63) is 23.8 Å².